The van der Waals surface area contributed by atoms with Crippen LogP contribution in [0.15, 0.2) is 24.3 Å². The Morgan fingerprint density at radius 3 is 2.24 bits per heavy atom. The fourth-order valence-corrected chi connectivity index (χ4v) is 5.85. The SMILES string of the molecule is O=C(N1CCCC1)N1CCC2(CC1)C[C@H](CCN1CCN(c3ccc(F)cc3)CC1)OC2=O. The van der Waals surface area contributed by atoms with Crippen LogP contribution < -0.4 is 4.90 Å². The molecule has 0 bridgehead atoms. The molecule has 1 aromatic carbocycles. The molecular formula is C25H35FN4O3. The molecule has 0 aromatic heterocycles. The van der Waals surface area contributed by atoms with Crippen molar-refractivity contribution in [3.05, 3.63) is 30.1 Å². The van der Waals surface area contributed by atoms with E-state index in [2.05, 4.69) is 9.80 Å². The summed E-state index contributed by atoms with van der Waals surface area (Å²) < 4.78 is 19.0. The van der Waals surface area contributed by atoms with Crippen LogP contribution in [0.25, 0.3) is 0 Å². The summed E-state index contributed by atoms with van der Waals surface area (Å²) in [4.78, 5) is 34.0. The Bertz CT molecular complexity index is 842. The molecule has 0 saturated carbocycles. The third kappa shape index (κ3) is 4.81. The summed E-state index contributed by atoms with van der Waals surface area (Å²) in [5.74, 6) is -0.257. The molecule has 4 aliphatic heterocycles. The summed E-state index contributed by atoms with van der Waals surface area (Å²) >= 11 is 0. The number of nitrogens with zero attached hydrogens (tertiary/aromatic N) is 4. The van der Waals surface area contributed by atoms with E-state index in [9.17, 15) is 14.0 Å². The molecule has 0 N–H and O–H groups in total. The zero-order valence-electron chi connectivity index (χ0n) is 19.4. The van der Waals surface area contributed by atoms with E-state index in [0.717, 1.165) is 90.0 Å². The average Bonchev–Trinajstić information content (AvgIpc) is 3.48. The van der Waals surface area contributed by atoms with Gasteiger partial charge in [-0.1, -0.05) is 0 Å². The number of piperazine rings is 1. The van der Waals surface area contributed by atoms with Crippen LogP contribution in [-0.4, -0.2) is 91.7 Å². The first-order chi connectivity index (χ1) is 16.0. The molecule has 0 unspecified atom stereocenters. The lowest BCUT2D eigenvalue weighted by Gasteiger charge is -2.38. The van der Waals surface area contributed by atoms with Gasteiger partial charge in [0.15, 0.2) is 0 Å². The molecule has 2 amide bonds. The number of piperidine rings is 1. The highest BCUT2D eigenvalue weighted by Crippen LogP contribution is 2.44. The number of hydrogen-bond acceptors (Lipinski definition) is 5. The Labute approximate surface area is 195 Å². The van der Waals surface area contributed by atoms with Crippen LogP contribution in [0.3, 0.4) is 0 Å². The predicted molar refractivity (Wildman–Crippen MR) is 124 cm³/mol. The molecule has 0 aliphatic carbocycles. The van der Waals surface area contributed by atoms with Gasteiger partial charge in [-0.2, -0.15) is 0 Å². The third-order valence-electron chi connectivity index (χ3n) is 8.02. The minimum atomic E-state index is -0.395. The second kappa shape index (κ2) is 9.49. The molecule has 5 rings (SSSR count). The molecule has 4 fully saturated rings. The molecule has 33 heavy (non-hydrogen) atoms. The smallest absolute Gasteiger partial charge is 0.319 e. The minimum Gasteiger partial charge on any atom is -0.462 e. The Morgan fingerprint density at radius 1 is 0.939 bits per heavy atom. The predicted octanol–water partition coefficient (Wildman–Crippen LogP) is 2.95. The summed E-state index contributed by atoms with van der Waals surface area (Å²) in [5, 5.41) is 0. The van der Waals surface area contributed by atoms with Crippen molar-refractivity contribution in [3.63, 3.8) is 0 Å². The number of carbonyl (C=O) groups excluding carboxylic acids is 2. The van der Waals surface area contributed by atoms with Crippen molar-refractivity contribution in [2.45, 2.75) is 44.6 Å². The van der Waals surface area contributed by atoms with Crippen molar-refractivity contribution in [2.75, 3.05) is 63.8 Å². The number of esters is 1. The van der Waals surface area contributed by atoms with Gasteiger partial charge in [-0.25, -0.2) is 9.18 Å². The highest BCUT2D eigenvalue weighted by molar-refractivity contribution is 5.80. The number of anilines is 1. The number of likely N-dealkylation sites (tertiary alicyclic amines) is 2. The maximum Gasteiger partial charge on any atom is 0.319 e. The maximum atomic E-state index is 13.2. The van der Waals surface area contributed by atoms with Gasteiger partial charge in [-0.05, 0) is 56.4 Å². The standard InChI is InChI=1S/C25H35FN4O3/c26-20-3-5-21(6-4-20)28-17-15-27(16-18-28)12-7-22-19-25(23(31)33-22)8-13-30(14-9-25)24(32)29-10-1-2-11-29/h3-6,22H,1-2,7-19H2/t22-/m0/s1. The molecule has 1 spiro atoms. The van der Waals surface area contributed by atoms with Gasteiger partial charge in [0.2, 0.25) is 0 Å². The molecule has 8 heteroatoms. The lowest BCUT2D eigenvalue weighted by molar-refractivity contribution is -0.150. The quantitative estimate of drug-likeness (QED) is 0.650. The summed E-state index contributed by atoms with van der Waals surface area (Å²) in [6, 6.07) is 6.85. The van der Waals surface area contributed by atoms with Gasteiger partial charge in [-0.3, -0.25) is 9.69 Å². The van der Waals surface area contributed by atoms with E-state index in [1.165, 1.54) is 12.1 Å². The number of cyclic esters (lactones) is 1. The van der Waals surface area contributed by atoms with Crippen LogP contribution in [-0.2, 0) is 9.53 Å². The second-order valence-corrected chi connectivity index (χ2v) is 10.1. The molecule has 1 aromatic rings. The highest BCUT2D eigenvalue weighted by atomic mass is 19.1. The van der Waals surface area contributed by atoms with Crippen LogP contribution in [0.2, 0.25) is 0 Å². The monoisotopic (exact) mass is 458 g/mol. The molecule has 4 heterocycles. The van der Waals surface area contributed by atoms with E-state index in [1.807, 2.05) is 21.9 Å². The number of rotatable bonds is 4. The average molecular weight is 459 g/mol. The van der Waals surface area contributed by atoms with Crippen molar-refractivity contribution in [3.8, 4) is 0 Å². The van der Waals surface area contributed by atoms with Crippen molar-refractivity contribution in [2.24, 2.45) is 5.41 Å². The Balaban J connectivity index is 1.06. The van der Waals surface area contributed by atoms with Gasteiger partial charge in [0.1, 0.15) is 11.9 Å². The lowest BCUT2D eigenvalue weighted by atomic mass is 9.76. The number of amides is 2. The van der Waals surface area contributed by atoms with E-state index in [0.29, 0.717) is 13.1 Å². The van der Waals surface area contributed by atoms with Crippen LogP contribution in [0.4, 0.5) is 14.9 Å². The summed E-state index contributed by atoms with van der Waals surface area (Å²) in [6.07, 6.45) is 5.26. The first-order valence-corrected chi connectivity index (χ1v) is 12.5. The molecule has 4 saturated heterocycles. The normalized spacial score (nSPS) is 25.7. The van der Waals surface area contributed by atoms with Crippen molar-refractivity contribution >= 4 is 17.7 Å². The number of urea groups is 1. The maximum absolute atomic E-state index is 13.2. The summed E-state index contributed by atoms with van der Waals surface area (Å²) in [7, 11) is 0. The minimum absolute atomic E-state index is 0.0199. The first kappa shape index (κ1) is 22.4. The number of benzene rings is 1. The molecule has 180 valence electrons. The fraction of sp³-hybridized carbons (Fsp3) is 0.680. The van der Waals surface area contributed by atoms with Crippen molar-refractivity contribution in [1.29, 1.82) is 0 Å². The van der Waals surface area contributed by atoms with Gasteiger partial charge >= 0.3 is 12.0 Å². The Kier molecular flexibility index (Phi) is 6.45. The molecule has 4 aliphatic rings. The molecule has 1 atom stereocenters. The zero-order valence-corrected chi connectivity index (χ0v) is 19.4. The number of hydrogen-bond donors (Lipinski definition) is 0. The zero-order chi connectivity index (χ0) is 22.8. The molecular weight excluding hydrogens is 423 g/mol. The molecule has 7 nitrogen and oxygen atoms in total. The van der Waals surface area contributed by atoms with E-state index < -0.39 is 5.41 Å². The van der Waals surface area contributed by atoms with Gasteiger partial charge in [-0.15, -0.1) is 0 Å². The molecule has 0 radical (unpaired) electrons. The van der Waals surface area contributed by atoms with E-state index >= 15 is 0 Å². The largest absolute Gasteiger partial charge is 0.462 e. The van der Waals surface area contributed by atoms with Gasteiger partial charge in [0, 0.05) is 71.0 Å². The summed E-state index contributed by atoms with van der Waals surface area (Å²) in [5.41, 5.74) is 0.672. The number of carbonyl (C=O) groups is 2. The second-order valence-electron chi connectivity index (χ2n) is 10.1. The Hall–Kier alpha value is -2.35. The van der Waals surface area contributed by atoms with Crippen LogP contribution in [0.5, 0.6) is 0 Å². The van der Waals surface area contributed by atoms with Gasteiger partial charge in [0.25, 0.3) is 0 Å². The summed E-state index contributed by atoms with van der Waals surface area (Å²) in [6.45, 7) is 7.71. The third-order valence-corrected chi connectivity index (χ3v) is 8.02. The van der Waals surface area contributed by atoms with Crippen molar-refractivity contribution in [1.82, 2.24) is 14.7 Å². The number of ether oxygens (including phenoxy) is 1. The van der Waals surface area contributed by atoms with Crippen LogP contribution in [0, 0.1) is 11.2 Å². The first-order valence-electron chi connectivity index (χ1n) is 12.5. The van der Waals surface area contributed by atoms with Gasteiger partial charge < -0.3 is 19.4 Å². The van der Waals surface area contributed by atoms with E-state index in [-0.39, 0.29) is 23.9 Å². The Morgan fingerprint density at radius 2 is 1.58 bits per heavy atom. The lowest BCUT2D eigenvalue weighted by Crippen LogP contribution is -2.49. The van der Waals surface area contributed by atoms with E-state index in [1.54, 1.807) is 0 Å². The fourth-order valence-electron chi connectivity index (χ4n) is 5.85. The van der Waals surface area contributed by atoms with Crippen molar-refractivity contribution < 1.29 is 18.7 Å². The van der Waals surface area contributed by atoms with Gasteiger partial charge in [0.05, 0.1) is 5.41 Å². The highest BCUT2D eigenvalue weighted by Gasteiger charge is 2.51. The number of halogens is 1. The van der Waals surface area contributed by atoms with Crippen LogP contribution >= 0.6 is 0 Å². The topological polar surface area (TPSA) is 56.3 Å². The van der Waals surface area contributed by atoms with Crippen LogP contribution in [0.1, 0.15) is 38.5 Å². The van der Waals surface area contributed by atoms with E-state index in [4.69, 9.17) is 4.74 Å².